The summed E-state index contributed by atoms with van der Waals surface area (Å²) in [5, 5.41) is 3.77. The highest BCUT2D eigenvalue weighted by atomic mass is 32.1. The van der Waals surface area contributed by atoms with Crippen molar-refractivity contribution in [2.45, 2.75) is 19.0 Å². The van der Waals surface area contributed by atoms with E-state index in [1.165, 1.54) is 17.5 Å². The molecule has 0 aliphatic carbocycles. The number of hydrogen-bond donors (Lipinski definition) is 1. The van der Waals surface area contributed by atoms with Gasteiger partial charge in [0.15, 0.2) is 5.78 Å². The maximum absolute atomic E-state index is 13.7. The SMILES string of the molecule is O=C(Cc1ccc(CC(=O)c2cscn2)nc1)Nc1cc(C(F)(F)F)ccc1F. The van der Waals surface area contributed by atoms with Gasteiger partial charge in [0, 0.05) is 17.3 Å². The first-order valence-corrected chi connectivity index (χ1v) is 9.18. The highest BCUT2D eigenvalue weighted by Crippen LogP contribution is 2.31. The lowest BCUT2D eigenvalue weighted by atomic mass is 10.1. The second-order valence-electron chi connectivity index (χ2n) is 6.05. The second kappa shape index (κ2) is 8.48. The number of ketones is 1. The molecule has 0 aliphatic rings. The maximum atomic E-state index is 13.7. The number of amides is 1. The molecule has 5 nitrogen and oxygen atoms in total. The van der Waals surface area contributed by atoms with Crippen LogP contribution in [0.4, 0.5) is 23.2 Å². The molecular formula is C19H13F4N3O2S. The zero-order chi connectivity index (χ0) is 21.0. The average Bonchev–Trinajstić information content (AvgIpc) is 3.19. The molecule has 0 radical (unpaired) electrons. The van der Waals surface area contributed by atoms with Gasteiger partial charge in [-0.25, -0.2) is 9.37 Å². The number of nitrogens with one attached hydrogen (secondary N) is 1. The van der Waals surface area contributed by atoms with E-state index in [1.807, 2.05) is 0 Å². The monoisotopic (exact) mass is 423 g/mol. The zero-order valence-electron chi connectivity index (χ0n) is 14.7. The number of pyridine rings is 1. The van der Waals surface area contributed by atoms with Crippen LogP contribution in [0, 0.1) is 5.82 Å². The fourth-order valence-corrected chi connectivity index (χ4v) is 3.00. The van der Waals surface area contributed by atoms with Gasteiger partial charge in [0.05, 0.1) is 29.6 Å². The van der Waals surface area contributed by atoms with Crippen LogP contribution in [-0.4, -0.2) is 21.7 Å². The van der Waals surface area contributed by atoms with Crippen LogP contribution in [-0.2, 0) is 23.8 Å². The lowest BCUT2D eigenvalue weighted by Gasteiger charge is -2.11. The van der Waals surface area contributed by atoms with Crippen molar-refractivity contribution in [1.82, 2.24) is 9.97 Å². The van der Waals surface area contributed by atoms with Crippen LogP contribution in [0.2, 0.25) is 0 Å². The summed E-state index contributed by atoms with van der Waals surface area (Å²) < 4.78 is 51.9. The Bertz CT molecular complexity index is 1020. The van der Waals surface area contributed by atoms with Crippen molar-refractivity contribution in [3.05, 3.63) is 75.8 Å². The van der Waals surface area contributed by atoms with Gasteiger partial charge < -0.3 is 5.32 Å². The molecule has 0 fully saturated rings. The highest BCUT2D eigenvalue weighted by molar-refractivity contribution is 7.07. The van der Waals surface area contributed by atoms with Gasteiger partial charge >= 0.3 is 6.18 Å². The minimum atomic E-state index is -4.65. The Balaban J connectivity index is 1.62. The molecule has 2 heterocycles. The molecule has 3 aromatic rings. The van der Waals surface area contributed by atoms with E-state index in [0.717, 1.165) is 0 Å². The molecule has 1 amide bonds. The van der Waals surface area contributed by atoms with Crippen LogP contribution in [0.3, 0.4) is 0 Å². The number of aromatic nitrogens is 2. The quantitative estimate of drug-likeness (QED) is 0.474. The number of halogens is 4. The van der Waals surface area contributed by atoms with Crippen molar-refractivity contribution >= 4 is 28.7 Å². The smallest absolute Gasteiger partial charge is 0.323 e. The molecule has 0 aliphatic heterocycles. The standard InChI is InChI=1S/C19H13F4N3O2S/c20-14-4-2-12(19(21,22)23)6-15(14)26-18(28)5-11-1-3-13(24-8-11)7-17(27)16-9-29-10-25-16/h1-4,6,8-10H,5,7H2,(H,26,28). The van der Waals surface area contributed by atoms with Crippen LogP contribution in [0.15, 0.2) is 47.4 Å². The number of rotatable bonds is 6. The van der Waals surface area contributed by atoms with Gasteiger partial charge in [-0.05, 0) is 29.8 Å². The summed E-state index contributed by atoms with van der Waals surface area (Å²) >= 11 is 1.31. The van der Waals surface area contributed by atoms with Crippen molar-refractivity contribution in [3.63, 3.8) is 0 Å². The van der Waals surface area contributed by atoms with Gasteiger partial charge in [0.1, 0.15) is 11.5 Å². The molecule has 0 saturated heterocycles. The van der Waals surface area contributed by atoms with E-state index in [2.05, 4.69) is 15.3 Å². The number of hydrogen-bond acceptors (Lipinski definition) is 5. The summed E-state index contributed by atoms with van der Waals surface area (Å²) in [7, 11) is 0. The summed E-state index contributed by atoms with van der Waals surface area (Å²) in [6.07, 6.45) is -3.44. The number of nitrogens with zero attached hydrogens (tertiary/aromatic N) is 2. The minimum absolute atomic E-state index is 0.0473. The molecule has 1 N–H and O–H groups in total. The van der Waals surface area contributed by atoms with E-state index in [0.29, 0.717) is 35.2 Å². The maximum Gasteiger partial charge on any atom is 0.416 e. The van der Waals surface area contributed by atoms with Crippen molar-refractivity contribution < 1.29 is 27.2 Å². The van der Waals surface area contributed by atoms with E-state index in [-0.39, 0.29) is 18.6 Å². The Morgan fingerprint density at radius 3 is 2.48 bits per heavy atom. The normalized spacial score (nSPS) is 11.3. The molecule has 10 heteroatoms. The third-order valence-corrected chi connectivity index (χ3v) is 4.46. The van der Waals surface area contributed by atoms with Gasteiger partial charge in [-0.15, -0.1) is 11.3 Å². The summed E-state index contributed by atoms with van der Waals surface area (Å²) in [6, 6.07) is 4.92. The Kier molecular flexibility index (Phi) is 6.02. The number of Topliss-reactive ketones (excluding diaryl/α,β-unsaturated/α-hetero) is 1. The molecule has 0 saturated carbocycles. The van der Waals surface area contributed by atoms with Crippen molar-refractivity contribution in [2.24, 2.45) is 0 Å². The van der Waals surface area contributed by atoms with Crippen LogP contribution >= 0.6 is 11.3 Å². The van der Waals surface area contributed by atoms with Gasteiger partial charge in [-0.3, -0.25) is 14.6 Å². The van der Waals surface area contributed by atoms with Crippen LogP contribution in [0.5, 0.6) is 0 Å². The van der Waals surface area contributed by atoms with Gasteiger partial charge in [0.25, 0.3) is 0 Å². The predicted molar refractivity (Wildman–Crippen MR) is 98.1 cm³/mol. The first kappa shape index (κ1) is 20.6. The molecule has 2 aromatic heterocycles. The Morgan fingerprint density at radius 1 is 1.07 bits per heavy atom. The first-order chi connectivity index (χ1) is 13.7. The number of benzene rings is 1. The van der Waals surface area contributed by atoms with Gasteiger partial charge in [0.2, 0.25) is 5.91 Å². The highest BCUT2D eigenvalue weighted by Gasteiger charge is 2.31. The Hall–Kier alpha value is -3.14. The Labute approximate surface area is 166 Å². The lowest BCUT2D eigenvalue weighted by molar-refractivity contribution is -0.137. The summed E-state index contributed by atoms with van der Waals surface area (Å²) in [4.78, 5) is 32.1. The number of carbonyl (C=O) groups is 2. The van der Waals surface area contributed by atoms with E-state index in [9.17, 15) is 27.2 Å². The first-order valence-electron chi connectivity index (χ1n) is 8.24. The van der Waals surface area contributed by atoms with E-state index in [4.69, 9.17) is 0 Å². The van der Waals surface area contributed by atoms with Crippen molar-refractivity contribution in [2.75, 3.05) is 5.32 Å². The summed E-state index contributed by atoms with van der Waals surface area (Å²) in [5.41, 5.74) is 1.22. The molecule has 0 spiro atoms. The molecule has 0 unspecified atom stereocenters. The molecule has 150 valence electrons. The van der Waals surface area contributed by atoms with Crippen LogP contribution in [0.1, 0.15) is 27.3 Å². The largest absolute Gasteiger partial charge is 0.416 e. The van der Waals surface area contributed by atoms with E-state index >= 15 is 0 Å². The lowest BCUT2D eigenvalue weighted by Crippen LogP contribution is -2.16. The second-order valence-corrected chi connectivity index (χ2v) is 6.77. The van der Waals surface area contributed by atoms with E-state index in [1.54, 1.807) is 23.0 Å². The van der Waals surface area contributed by atoms with E-state index < -0.39 is 29.2 Å². The van der Waals surface area contributed by atoms with Crippen LogP contribution < -0.4 is 5.32 Å². The number of carbonyl (C=O) groups excluding carboxylic acids is 2. The predicted octanol–water partition coefficient (Wildman–Crippen LogP) is 4.30. The number of anilines is 1. The number of alkyl halides is 3. The minimum Gasteiger partial charge on any atom is -0.323 e. The average molecular weight is 423 g/mol. The molecule has 29 heavy (non-hydrogen) atoms. The molecule has 1 aromatic carbocycles. The fraction of sp³-hybridized carbons (Fsp3) is 0.158. The third-order valence-electron chi connectivity index (χ3n) is 3.88. The molecular weight excluding hydrogens is 410 g/mol. The molecule has 0 bridgehead atoms. The van der Waals surface area contributed by atoms with Gasteiger partial charge in [-0.2, -0.15) is 13.2 Å². The summed E-state index contributed by atoms with van der Waals surface area (Å²) in [5.74, 6) is -1.86. The van der Waals surface area contributed by atoms with Crippen molar-refractivity contribution in [3.8, 4) is 0 Å². The zero-order valence-corrected chi connectivity index (χ0v) is 15.5. The fourth-order valence-electron chi connectivity index (χ4n) is 2.45. The Morgan fingerprint density at radius 2 is 1.86 bits per heavy atom. The molecule has 0 atom stereocenters. The molecule has 3 rings (SSSR count). The number of thiazole rings is 1. The van der Waals surface area contributed by atoms with Crippen LogP contribution in [0.25, 0.3) is 0 Å². The summed E-state index contributed by atoms with van der Waals surface area (Å²) in [6.45, 7) is 0. The topological polar surface area (TPSA) is 72.0 Å². The van der Waals surface area contributed by atoms with Gasteiger partial charge in [-0.1, -0.05) is 6.07 Å². The van der Waals surface area contributed by atoms with Crippen molar-refractivity contribution in [1.29, 1.82) is 0 Å². The third kappa shape index (κ3) is 5.44.